The number of carbonyl (C=O) groups excluding carboxylic acids is 2. The van der Waals surface area contributed by atoms with E-state index in [-0.39, 0.29) is 30.0 Å². The number of ether oxygens (including phenoxy) is 4. The molecule has 1 amide bonds. The number of nitrogens with one attached hydrogen (secondary N) is 3. The maximum Gasteiger partial charge on any atom is 0.374 e. The van der Waals surface area contributed by atoms with Crippen molar-refractivity contribution in [1.82, 2.24) is 5.32 Å². The van der Waals surface area contributed by atoms with Crippen LogP contribution < -0.4 is 24.4 Å². The van der Waals surface area contributed by atoms with E-state index in [0.29, 0.717) is 54.7 Å². The minimum atomic E-state index is -1.07. The molecule has 0 aromatic heterocycles. The molecule has 0 bridgehead atoms. The highest BCUT2D eigenvalue weighted by molar-refractivity contribution is 6.68. The van der Waals surface area contributed by atoms with E-state index in [4.69, 9.17) is 24.4 Å². The van der Waals surface area contributed by atoms with Gasteiger partial charge in [-0.1, -0.05) is 13.0 Å². The Hall–Kier alpha value is -4.03. The number of benzene rings is 1. The van der Waals surface area contributed by atoms with Gasteiger partial charge in [-0.3, -0.25) is 20.4 Å². The fourth-order valence-corrected chi connectivity index (χ4v) is 5.23. The Bertz CT molecular complexity index is 1400. The molecule has 0 saturated carbocycles. The number of hydrogen-bond donors (Lipinski definition) is 4. The molecule has 5 rings (SSSR count). The molecule has 1 aromatic rings. The molecular weight excluding hydrogens is 518 g/mol. The van der Waals surface area contributed by atoms with E-state index in [1.807, 2.05) is 6.08 Å². The summed E-state index contributed by atoms with van der Waals surface area (Å²) in [6.45, 7) is 8.42. The van der Waals surface area contributed by atoms with Gasteiger partial charge < -0.3 is 24.1 Å². The number of amidine groups is 1. The summed E-state index contributed by atoms with van der Waals surface area (Å²) >= 11 is 0. The lowest BCUT2D eigenvalue weighted by Crippen LogP contribution is -3.14. The maximum atomic E-state index is 12.7. The van der Waals surface area contributed by atoms with Gasteiger partial charge in [0.05, 0.1) is 31.4 Å². The van der Waals surface area contributed by atoms with Gasteiger partial charge in [0.2, 0.25) is 17.4 Å². The monoisotopic (exact) mass is 552 g/mol. The second kappa shape index (κ2) is 10.5. The molecule has 4 aliphatic rings. The summed E-state index contributed by atoms with van der Waals surface area (Å²) in [6.07, 6.45) is 4.30. The van der Waals surface area contributed by atoms with Crippen LogP contribution in [0.5, 0.6) is 17.2 Å². The minimum absolute atomic E-state index is 0.0524. The third-order valence-electron chi connectivity index (χ3n) is 7.22. The number of quaternary nitrogens is 1. The largest absolute Gasteiger partial charge is 0.496 e. The first-order valence-electron chi connectivity index (χ1n) is 13.3. The van der Waals surface area contributed by atoms with Gasteiger partial charge in [0.25, 0.3) is 11.7 Å². The van der Waals surface area contributed by atoms with Gasteiger partial charge in [0.15, 0.2) is 6.67 Å². The SMILES string of the molecule is CCOC(=O)C1=C/C(=C\C[C@H](C)C[NH+]2CN=C3C(=O)NC(=N)N=C32)c2c(cc3c(c2OC)C[C@@H](C(C)(C)O)O3)O1. The van der Waals surface area contributed by atoms with Crippen LogP contribution >= 0.6 is 0 Å². The van der Waals surface area contributed by atoms with Gasteiger partial charge in [0.1, 0.15) is 23.4 Å². The third kappa shape index (κ3) is 5.11. The first-order chi connectivity index (χ1) is 19.0. The maximum absolute atomic E-state index is 12.7. The molecule has 0 spiro atoms. The van der Waals surface area contributed by atoms with Crippen molar-refractivity contribution in [3.63, 3.8) is 0 Å². The molecule has 40 heavy (non-hydrogen) atoms. The molecule has 0 aliphatic carbocycles. The summed E-state index contributed by atoms with van der Waals surface area (Å²) in [5.74, 6) is 1.03. The Morgan fingerprint density at radius 1 is 1.40 bits per heavy atom. The number of guanidine groups is 1. The van der Waals surface area contributed by atoms with Crippen LogP contribution in [-0.4, -0.2) is 73.1 Å². The van der Waals surface area contributed by atoms with Crippen LogP contribution in [0.4, 0.5) is 0 Å². The Labute approximate surface area is 231 Å². The lowest BCUT2D eigenvalue weighted by Gasteiger charge is -2.24. The molecule has 0 fully saturated rings. The number of rotatable bonds is 8. The summed E-state index contributed by atoms with van der Waals surface area (Å²) in [6, 6.07) is 1.73. The van der Waals surface area contributed by atoms with E-state index in [1.54, 1.807) is 40.0 Å². The standard InChI is InChI=1S/C28H33N5O7/c1-6-38-26(35)19-9-15(8-7-14(2)12-33-13-30-22-24(33)31-27(29)32-25(22)34)21-18(39-19)11-17-16(23(21)37-5)10-20(40-17)28(3,4)36/h8-9,11,14,20,36H,6-7,10,12-13H2,1-5H3,(H2,29,32,34)/p+1/b15-8+/t14-,20-/m0/s1. The van der Waals surface area contributed by atoms with Crippen LogP contribution in [0.3, 0.4) is 0 Å². The molecule has 1 aromatic carbocycles. The van der Waals surface area contributed by atoms with Gasteiger partial charge in [-0.25, -0.2) is 9.79 Å². The zero-order valence-corrected chi connectivity index (χ0v) is 23.2. The van der Waals surface area contributed by atoms with Crippen molar-refractivity contribution in [1.29, 1.82) is 5.41 Å². The molecule has 4 aliphatic heterocycles. The zero-order chi connectivity index (χ0) is 28.8. The molecule has 12 nitrogen and oxygen atoms in total. The van der Waals surface area contributed by atoms with Gasteiger partial charge in [0, 0.05) is 24.0 Å². The van der Waals surface area contributed by atoms with Crippen LogP contribution in [-0.2, 0) is 20.7 Å². The molecule has 1 unspecified atom stereocenters. The fourth-order valence-electron chi connectivity index (χ4n) is 5.23. The predicted molar refractivity (Wildman–Crippen MR) is 146 cm³/mol. The second-order valence-corrected chi connectivity index (χ2v) is 10.8. The number of carbonyl (C=O) groups is 2. The van der Waals surface area contributed by atoms with Gasteiger partial charge in [-0.2, -0.15) is 4.99 Å². The highest BCUT2D eigenvalue weighted by Gasteiger charge is 2.40. The number of aliphatic hydroxyl groups is 1. The molecule has 4 N–H and O–H groups in total. The summed E-state index contributed by atoms with van der Waals surface area (Å²) in [7, 11) is 1.57. The normalized spacial score (nSPS) is 23.1. The molecular formula is C28H34N5O7+. The zero-order valence-electron chi connectivity index (χ0n) is 23.2. The molecule has 12 heteroatoms. The van der Waals surface area contributed by atoms with Crippen molar-refractivity contribution >= 4 is 35.0 Å². The smallest absolute Gasteiger partial charge is 0.374 e. The van der Waals surface area contributed by atoms with Crippen molar-refractivity contribution in [3.05, 3.63) is 35.1 Å². The first-order valence-corrected chi connectivity index (χ1v) is 13.3. The number of allylic oxidation sites excluding steroid dienone is 3. The van der Waals surface area contributed by atoms with Gasteiger partial charge in [-0.05, 0) is 38.8 Å². The lowest BCUT2D eigenvalue weighted by atomic mass is 9.91. The fraction of sp³-hybridized carbons (Fsp3) is 0.464. The van der Waals surface area contributed by atoms with Crippen molar-refractivity contribution < 1.29 is 38.5 Å². The summed E-state index contributed by atoms with van der Waals surface area (Å²) in [5.41, 5.74) is 1.47. The Balaban J connectivity index is 1.44. The van der Waals surface area contributed by atoms with E-state index < -0.39 is 23.6 Å². The third-order valence-corrected chi connectivity index (χ3v) is 7.22. The number of nitrogens with zero attached hydrogens (tertiary/aromatic N) is 2. The van der Waals surface area contributed by atoms with Crippen molar-refractivity contribution in [3.8, 4) is 17.2 Å². The average Bonchev–Trinajstić information content (AvgIpc) is 3.50. The van der Waals surface area contributed by atoms with Crippen molar-refractivity contribution in [2.24, 2.45) is 15.9 Å². The van der Waals surface area contributed by atoms with E-state index in [9.17, 15) is 14.7 Å². The topological polar surface area (TPSA) is 156 Å². The molecule has 4 heterocycles. The number of aliphatic imine (C=N–C) groups is 2. The van der Waals surface area contributed by atoms with E-state index >= 15 is 0 Å². The second-order valence-electron chi connectivity index (χ2n) is 10.8. The number of hydrogen-bond acceptors (Lipinski definition) is 9. The van der Waals surface area contributed by atoms with Crippen molar-refractivity contribution in [2.75, 3.05) is 26.9 Å². The highest BCUT2D eigenvalue weighted by Crippen LogP contribution is 2.50. The first kappa shape index (κ1) is 27.5. The number of esters is 1. The molecule has 0 saturated heterocycles. The van der Waals surface area contributed by atoms with Gasteiger partial charge in [-0.15, -0.1) is 0 Å². The Morgan fingerprint density at radius 2 is 2.17 bits per heavy atom. The molecule has 0 radical (unpaired) electrons. The summed E-state index contributed by atoms with van der Waals surface area (Å²) in [5, 5.41) is 20.7. The summed E-state index contributed by atoms with van der Waals surface area (Å²) in [4.78, 5) is 34.2. The van der Waals surface area contributed by atoms with Crippen molar-refractivity contribution in [2.45, 2.75) is 52.2 Å². The van der Waals surface area contributed by atoms with E-state index in [2.05, 4.69) is 22.2 Å². The van der Waals surface area contributed by atoms with Crippen LogP contribution in [0, 0.1) is 11.3 Å². The van der Waals surface area contributed by atoms with Crippen LogP contribution in [0.2, 0.25) is 0 Å². The predicted octanol–water partition coefficient (Wildman–Crippen LogP) is 0.779. The highest BCUT2D eigenvalue weighted by atomic mass is 16.6. The van der Waals surface area contributed by atoms with Gasteiger partial charge >= 0.3 is 5.97 Å². The van der Waals surface area contributed by atoms with Crippen LogP contribution in [0.15, 0.2) is 34.0 Å². The number of fused-ring (bicyclic) bond motifs is 3. The lowest BCUT2D eigenvalue weighted by molar-refractivity contribution is -0.802. The Kier molecular flexibility index (Phi) is 7.23. The number of amides is 1. The minimum Gasteiger partial charge on any atom is -0.496 e. The van der Waals surface area contributed by atoms with Crippen LogP contribution in [0.25, 0.3) is 5.57 Å². The molecule has 212 valence electrons. The molecule has 3 atom stereocenters. The summed E-state index contributed by atoms with van der Waals surface area (Å²) < 4.78 is 23.1. The Morgan fingerprint density at radius 3 is 2.88 bits per heavy atom. The number of methoxy groups -OCH3 is 1. The van der Waals surface area contributed by atoms with Crippen LogP contribution in [0.1, 0.15) is 45.2 Å². The average molecular weight is 553 g/mol. The van der Waals surface area contributed by atoms with E-state index in [1.165, 1.54) is 0 Å². The quantitative estimate of drug-likeness (QED) is 0.347. The van der Waals surface area contributed by atoms with E-state index in [0.717, 1.165) is 16.0 Å².